The van der Waals surface area contributed by atoms with Crippen molar-refractivity contribution in [3.63, 3.8) is 0 Å². The van der Waals surface area contributed by atoms with Crippen LogP contribution in [0.1, 0.15) is 12.8 Å². The number of nitrogens with two attached hydrogens (primary N) is 1. The smallest absolute Gasteiger partial charge is 0.314 e. The predicted molar refractivity (Wildman–Crippen MR) is 43.5 cm³/mol. The van der Waals surface area contributed by atoms with E-state index in [4.69, 9.17) is 5.73 Å². The van der Waals surface area contributed by atoms with Crippen LogP contribution in [0, 0.1) is 0 Å². The first-order valence-electron chi connectivity index (χ1n) is 3.65. The fraction of sp³-hybridized carbons (Fsp3) is 0.714. The molecule has 0 heterocycles. The highest BCUT2D eigenvalue weighted by Gasteiger charge is 2.04. The normalized spacial score (nSPS) is 9.17. The highest BCUT2D eigenvalue weighted by Crippen LogP contribution is 1.93. The molecular formula is C7H14N2O3. The van der Waals surface area contributed by atoms with Gasteiger partial charge in [-0.25, -0.2) is 4.79 Å². The van der Waals surface area contributed by atoms with Gasteiger partial charge in [-0.1, -0.05) is 0 Å². The lowest BCUT2D eigenvalue weighted by atomic mass is 10.3. The third kappa shape index (κ3) is 4.54. The molecule has 0 aliphatic carbocycles. The molecule has 0 aliphatic rings. The van der Waals surface area contributed by atoms with E-state index in [-0.39, 0.29) is 5.97 Å². The quantitative estimate of drug-likeness (QED) is 0.607. The Hall–Kier alpha value is -1.26. The van der Waals surface area contributed by atoms with Gasteiger partial charge in [-0.2, -0.15) is 0 Å². The molecule has 0 bridgehead atoms. The minimum Gasteiger partial charge on any atom is -0.469 e. The molecule has 0 fully saturated rings. The maximum atomic E-state index is 10.6. The number of methoxy groups -OCH3 is 1. The maximum Gasteiger partial charge on any atom is 0.314 e. The lowest BCUT2D eigenvalue weighted by Gasteiger charge is -2.12. The van der Waals surface area contributed by atoms with Crippen LogP contribution >= 0.6 is 0 Å². The number of carbonyl (C=O) groups excluding carboxylic acids is 2. The zero-order valence-corrected chi connectivity index (χ0v) is 7.37. The number of ether oxygens (including phenoxy) is 1. The first-order valence-corrected chi connectivity index (χ1v) is 3.65. The van der Waals surface area contributed by atoms with Crippen LogP contribution in [-0.2, 0) is 9.53 Å². The molecule has 0 aromatic carbocycles. The monoisotopic (exact) mass is 174 g/mol. The number of esters is 1. The summed E-state index contributed by atoms with van der Waals surface area (Å²) < 4.78 is 4.42. The van der Waals surface area contributed by atoms with Crippen molar-refractivity contribution in [1.29, 1.82) is 0 Å². The summed E-state index contributed by atoms with van der Waals surface area (Å²) >= 11 is 0. The van der Waals surface area contributed by atoms with E-state index in [1.807, 2.05) is 0 Å². The average Bonchev–Trinajstić information content (AvgIpc) is 2.03. The van der Waals surface area contributed by atoms with Gasteiger partial charge in [0.2, 0.25) is 0 Å². The van der Waals surface area contributed by atoms with Gasteiger partial charge in [0.25, 0.3) is 0 Å². The molecule has 0 aromatic heterocycles. The van der Waals surface area contributed by atoms with Crippen molar-refractivity contribution in [1.82, 2.24) is 4.90 Å². The standard InChI is InChI=1S/C7H14N2O3/c1-9(7(8)11)5-3-4-6(10)12-2/h3-5H2,1-2H3,(H2,8,11). The Balaban J connectivity index is 3.43. The van der Waals surface area contributed by atoms with Gasteiger partial charge >= 0.3 is 12.0 Å². The van der Waals surface area contributed by atoms with Crippen LogP contribution in [-0.4, -0.2) is 37.6 Å². The van der Waals surface area contributed by atoms with Gasteiger partial charge < -0.3 is 15.4 Å². The number of rotatable bonds is 4. The second kappa shape index (κ2) is 5.40. The summed E-state index contributed by atoms with van der Waals surface area (Å²) in [6.45, 7) is 0.477. The molecule has 0 spiro atoms. The Morgan fingerprint density at radius 3 is 2.50 bits per heavy atom. The minimum absolute atomic E-state index is 0.270. The Kier molecular flexibility index (Phi) is 4.83. The number of primary amides is 1. The number of amides is 2. The van der Waals surface area contributed by atoms with Crippen LogP contribution in [0.25, 0.3) is 0 Å². The molecule has 2 N–H and O–H groups in total. The second-order valence-corrected chi connectivity index (χ2v) is 2.44. The zero-order chi connectivity index (χ0) is 9.56. The Morgan fingerprint density at radius 1 is 1.50 bits per heavy atom. The molecule has 0 aliphatic heterocycles. The van der Waals surface area contributed by atoms with Gasteiger partial charge in [-0.3, -0.25) is 4.79 Å². The Bertz CT molecular complexity index is 170. The van der Waals surface area contributed by atoms with Crippen LogP contribution < -0.4 is 5.73 Å². The number of nitrogens with zero attached hydrogens (tertiary/aromatic N) is 1. The topological polar surface area (TPSA) is 72.6 Å². The predicted octanol–water partition coefficient (Wildman–Crippen LogP) is -0.0499. The number of hydrogen-bond acceptors (Lipinski definition) is 3. The van der Waals surface area contributed by atoms with Crippen molar-refractivity contribution in [2.45, 2.75) is 12.8 Å². The summed E-state index contributed by atoms with van der Waals surface area (Å²) in [6.07, 6.45) is 0.889. The fourth-order valence-corrected chi connectivity index (χ4v) is 0.673. The van der Waals surface area contributed by atoms with Crippen LogP contribution in [0.2, 0.25) is 0 Å². The summed E-state index contributed by atoms with van der Waals surface area (Å²) in [6, 6.07) is -0.486. The van der Waals surface area contributed by atoms with E-state index < -0.39 is 6.03 Å². The molecule has 0 saturated heterocycles. The second-order valence-electron chi connectivity index (χ2n) is 2.44. The molecule has 0 atom stereocenters. The van der Waals surface area contributed by atoms with E-state index in [0.29, 0.717) is 19.4 Å². The maximum absolute atomic E-state index is 10.6. The van der Waals surface area contributed by atoms with E-state index in [9.17, 15) is 9.59 Å². The molecule has 12 heavy (non-hydrogen) atoms. The molecule has 0 saturated carbocycles. The van der Waals surface area contributed by atoms with Crippen LogP contribution in [0.15, 0.2) is 0 Å². The van der Waals surface area contributed by atoms with Crippen molar-refractivity contribution in [3.8, 4) is 0 Å². The van der Waals surface area contributed by atoms with Crippen LogP contribution in [0.5, 0.6) is 0 Å². The van der Waals surface area contributed by atoms with Crippen LogP contribution in [0.3, 0.4) is 0 Å². The van der Waals surface area contributed by atoms with Gasteiger partial charge in [-0.05, 0) is 6.42 Å². The molecule has 2 amide bonds. The molecular weight excluding hydrogens is 160 g/mol. The molecule has 5 nitrogen and oxygen atoms in total. The van der Waals surface area contributed by atoms with Crippen molar-refractivity contribution in [2.24, 2.45) is 5.73 Å². The highest BCUT2D eigenvalue weighted by molar-refractivity contribution is 5.72. The van der Waals surface area contributed by atoms with Crippen molar-refractivity contribution >= 4 is 12.0 Å². The first kappa shape index (κ1) is 10.7. The lowest BCUT2D eigenvalue weighted by Crippen LogP contribution is -2.32. The summed E-state index contributed by atoms with van der Waals surface area (Å²) in [7, 11) is 2.92. The lowest BCUT2D eigenvalue weighted by molar-refractivity contribution is -0.140. The van der Waals surface area contributed by atoms with E-state index in [0.717, 1.165) is 0 Å². The summed E-state index contributed by atoms with van der Waals surface area (Å²) in [5, 5.41) is 0. The van der Waals surface area contributed by atoms with Crippen molar-refractivity contribution < 1.29 is 14.3 Å². The summed E-state index contributed by atoms with van der Waals surface area (Å²) in [4.78, 5) is 22.4. The SMILES string of the molecule is COC(=O)CCCN(C)C(N)=O. The molecule has 0 unspecified atom stereocenters. The highest BCUT2D eigenvalue weighted by atomic mass is 16.5. The van der Waals surface area contributed by atoms with E-state index in [1.54, 1.807) is 7.05 Å². The number of urea groups is 1. The zero-order valence-electron chi connectivity index (χ0n) is 7.37. The molecule has 5 heteroatoms. The van der Waals surface area contributed by atoms with Crippen molar-refractivity contribution in [2.75, 3.05) is 20.7 Å². The minimum atomic E-state index is -0.486. The van der Waals surface area contributed by atoms with Gasteiger partial charge in [0.1, 0.15) is 0 Å². The average molecular weight is 174 g/mol. The van der Waals surface area contributed by atoms with Crippen molar-refractivity contribution in [3.05, 3.63) is 0 Å². The summed E-state index contributed by atoms with van der Waals surface area (Å²) in [5.41, 5.74) is 4.96. The third-order valence-electron chi connectivity index (χ3n) is 1.48. The largest absolute Gasteiger partial charge is 0.469 e. The van der Waals surface area contributed by atoms with Gasteiger partial charge in [0, 0.05) is 20.0 Å². The molecule has 70 valence electrons. The number of hydrogen-bond donors (Lipinski definition) is 1. The fourth-order valence-electron chi connectivity index (χ4n) is 0.673. The third-order valence-corrected chi connectivity index (χ3v) is 1.48. The first-order chi connectivity index (χ1) is 5.57. The van der Waals surface area contributed by atoms with Gasteiger partial charge in [0.05, 0.1) is 7.11 Å². The van der Waals surface area contributed by atoms with Gasteiger partial charge in [0.15, 0.2) is 0 Å². The van der Waals surface area contributed by atoms with E-state index in [1.165, 1.54) is 12.0 Å². The van der Waals surface area contributed by atoms with Crippen LogP contribution in [0.4, 0.5) is 4.79 Å². The molecule has 0 rings (SSSR count). The molecule has 0 aromatic rings. The van der Waals surface area contributed by atoms with E-state index >= 15 is 0 Å². The molecule has 0 radical (unpaired) electrons. The van der Waals surface area contributed by atoms with E-state index in [2.05, 4.69) is 4.74 Å². The Labute approximate surface area is 71.5 Å². The Morgan fingerprint density at radius 2 is 2.08 bits per heavy atom. The summed E-state index contributed by atoms with van der Waals surface area (Å²) in [5.74, 6) is -0.270. The number of carbonyl (C=O) groups is 2. The van der Waals surface area contributed by atoms with Gasteiger partial charge in [-0.15, -0.1) is 0 Å².